The van der Waals surface area contributed by atoms with E-state index in [1.807, 2.05) is 30.3 Å². The molecule has 2 N–H and O–H groups in total. The number of amides is 1. The van der Waals surface area contributed by atoms with Crippen LogP contribution < -0.4 is 5.73 Å². The van der Waals surface area contributed by atoms with Gasteiger partial charge in [-0.15, -0.1) is 0 Å². The van der Waals surface area contributed by atoms with Crippen molar-refractivity contribution in [3.63, 3.8) is 0 Å². The molecule has 0 saturated heterocycles. The zero-order valence-electron chi connectivity index (χ0n) is 11.0. The maximum absolute atomic E-state index is 11.8. The van der Waals surface area contributed by atoms with Gasteiger partial charge in [0.1, 0.15) is 0 Å². The van der Waals surface area contributed by atoms with E-state index in [1.165, 1.54) is 7.11 Å². The van der Waals surface area contributed by atoms with Crippen molar-refractivity contribution < 1.29 is 14.3 Å². The second-order valence-corrected chi connectivity index (χ2v) is 4.70. The predicted octanol–water partition coefficient (Wildman–Crippen LogP) is 2.14. The van der Waals surface area contributed by atoms with Crippen molar-refractivity contribution in [1.29, 1.82) is 0 Å². The van der Waals surface area contributed by atoms with Crippen LogP contribution in [-0.4, -0.2) is 19.0 Å². The van der Waals surface area contributed by atoms with Gasteiger partial charge in [0, 0.05) is 0 Å². The first-order valence-electron chi connectivity index (χ1n) is 6.25. The smallest absolute Gasteiger partial charge is 0.338 e. The SMILES string of the molecule is COC(=O)c1ccc2c(c1C(N)=O)Cc1ccccc1-2. The zero-order valence-corrected chi connectivity index (χ0v) is 11.0. The summed E-state index contributed by atoms with van der Waals surface area (Å²) in [6.45, 7) is 0. The number of fused-ring (bicyclic) bond motifs is 3. The topological polar surface area (TPSA) is 69.4 Å². The summed E-state index contributed by atoms with van der Waals surface area (Å²) in [5, 5.41) is 0. The number of hydrogen-bond donors (Lipinski definition) is 1. The number of methoxy groups -OCH3 is 1. The minimum atomic E-state index is -0.602. The first-order valence-corrected chi connectivity index (χ1v) is 6.25. The van der Waals surface area contributed by atoms with Gasteiger partial charge in [0.25, 0.3) is 0 Å². The molecule has 2 aromatic rings. The highest BCUT2D eigenvalue weighted by Crippen LogP contribution is 2.39. The van der Waals surface area contributed by atoms with E-state index in [0.717, 1.165) is 22.3 Å². The van der Waals surface area contributed by atoms with E-state index in [-0.39, 0.29) is 11.1 Å². The van der Waals surface area contributed by atoms with Gasteiger partial charge in [-0.05, 0) is 34.7 Å². The number of benzene rings is 2. The summed E-state index contributed by atoms with van der Waals surface area (Å²) >= 11 is 0. The predicted molar refractivity (Wildman–Crippen MR) is 74.5 cm³/mol. The van der Waals surface area contributed by atoms with Gasteiger partial charge in [-0.1, -0.05) is 30.3 Å². The normalized spacial score (nSPS) is 11.7. The molecule has 20 heavy (non-hydrogen) atoms. The second kappa shape index (κ2) is 4.49. The van der Waals surface area contributed by atoms with Gasteiger partial charge in [-0.2, -0.15) is 0 Å². The molecule has 0 atom stereocenters. The van der Waals surface area contributed by atoms with E-state index in [0.29, 0.717) is 6.42 Å². The number of rotatable bonds is 2. The van der Waals surface area contributed by atoms with Crippen LogP contribution in [0.2, 0.25) is 0 Å². The molecule has 4 nitrogen and oxygen atoms in total. The number of esters is 1. The lowest BCUT2D eigenvalue weighted by atomic mass is 9.95. The molecule has 3 rings (SSSR count). The van der Waals surface area contributed by atoms with Crippen molar-refractivity contribution >= 4 is 11.9 Å². The fourth-order valence-corrected chi connectivity index (χ4v) is 2.77. The molecule has 1 amide bonds. The summed E-state index contributed by atoms with van der Waals surface area (Å²) in [6.07, 6.45) is 0.606. The molecule has 0 fully saturated rings. The molecular formula is C16H13NO3. The highest BCUT2D eigenvalue weighted by Gasteiger charge is 2.27. The molecule has 1 aliphatic rings. The Morgan fingerprint density at radius 1 is 1.10 bits per heavy atom. The van der Waals surface area contributed by atoms with E-state index in [4.69, 9.17) is 10.5 Å². The Kier molecular flexibility index (Phi) is 2.79. The average Bonchev–Trinajstić information content (AvgIpc) is 2.83. The van der Waals surface area contributed by atoms with Crippen molar-refractivity contribution in [2.24, 2.45) is 5.73 Å². The van der Waals surface area contributed by atoms with Crippen molar-refractivity contribution in [2.75, 3.05) is 7.11 Å². The van der Waals surface area contributed by atoms with Crippen LogP contribution >= 0.6 is 0 Å². The third kappa shape index (κ3) is 1.69. The number of ether oxygens (including phenoxy) is 1. The van der Waals surface area contributed by atoms with Crippen LogP contribution in [0.3, 0.4) is 0 Å². The summed E-state index contributed by atoms with van der Waals surface area (Å²) < 4.78 is 4.72. The number of hydrogen-bond acceptors (Lipinski definition) is 3. The third-order valence-electron chi connectivity index (χ3n) is 3.64. The van der Waals surface area contributed by atoms with Crippen LogP contribution in [0.5, 0.6) is 0 Å². The molecular weight excluding hydrogens is 254 g/mol. The van der Waals surface area contributed by atoms with Gasteiger partial charge in [0.2, 0.25) is 5.91 Å². The molecule has 1 aliphatic carbocycles. The lowest BCUT2D eigenvalue weighted by molar-refractivity contribution is 0.0597. The summed E-state index contributed by atoms with van der Waals surface area (Å²) in [6, 6.07) is 11.4. The number of carbonyl (C=O) groups excluding carboxylic acids is 2. The average molecular weight is 267 g/mol. The first kappa shape index (κ1) is 12.4. The second-order valence-electron chi connectivity index (χ2n) is 4.70. The Morgan fingerprint density at radius 3 is 2.55 bits per heavy atom. The standard InChI is InChI=1S/C16H13NO3/c1-20-16(19)12-7-6-11-10-5-3-2-4-9(10)8-13(11)14(12)15(17)18/h2-7H,8H2,1H3,(H2,17,18). The van der Waals surface area contributed by atoms with Gasteiger partial charge in [0.05, 0.1) is 18.2 Å². The van der Waals surface area contributed by atoms with Crippen LogP contribution in [0.4, 0.5) is 0 Å². The van der Waals surface area contributed by atoms with Crippen LogP contribution in [0.1, 0.15) is 31.8 Å². The van der Waals surface area contributed by atoms with Gasteiger partial charge >= 0.3 is 5.97 Å². The minimum Gasteiger partial charge on any atom is -0.465 e. The van der Waals surface area contributed by atoms with E-state index < -0.39 is 11.9 Å². The molecule has 0 radical (unpaired) electrons. The molecule has 0 aromatic heterocycles. The van der Waals surface area contributed by atoms with E-state index in [9.17, 15) is 9.59 Å². The number of primary amides is 1. The Hall–Kier alpha value is -2.62. The van der Waals surface area contributed by atoms with Crippen LogP contribution in [-0.2, 0) is 11.2 Å². The molecule has 0 heterocycles. The van der Waals surface area contributed by atoms with E-state index in [2.05, 4.69) is 0 Å². The fraction of sp³-hybridized carbons (Fsp3) is 0.125. The van der Waals surface area contributed by atoms with Crippen LogP contribution in [0.15, 0.2) is 36.4 Å². The Bertz CT molecular complexity index is 734. The molecule has 0 saturated carbocycles. The van der Waals surface area contributed by atoms with Crippen LogP contribution in [0, 0.1) is 0 Å². The van der Waals surface area contributed by atoms with Crippen molar-refractivity contribution in [2.45, 2.75) is 6.42 Å². The van der Waals surface area contributed by atoms with Crippen molar-refractivity contribution in [3.8, 4) is 11.1 Å². The monoisotopic (exact) mass is 267 g/mol. The quantitative estimate of drug-likeness (QED) is 0.723. The minimum absolute atomic E-state index is 0.228. The fourth-order valence-electron chi connectivity index (χ4n) is 2.77. The molecule has 0 unspecified atom stereocenters. The van der Waals surface area contributed by atoms with Gasteiger partial charge in [-0.3, -0.25) is 4.79 Å². The lowest BCUT2D eigenvalue weighted by Gasteiger charge is -2.10. The van der Waals surface area contributed by atoms with Gasteiger partial charge < -0.3 is 10.5 Å². The largest absolute Gasteiger partial charge is 0.465 e. The van der Waals surface area contributed by atoms with Crippen molar-refractivity contribution in [3.05, 3.63) is 58.7 Å². The van der Waals surface area contributed by atoms with Crippen molar-refractivity contribution in [1.82, 2.24) is 0 Å². The van der Waals surface area contributed by atoms with Crippen LogP contribution in [0.25, 0.3) is 11.1 Å². The third-order valence-corrected chi connectivity index (χ3v) is 3.64. The first-order chi connectivity index (χ1) is 9.63. The van der Waals surface area contributed by atoms with E-state index in [1.54, 1.807) is 6.07 Å². The number of carbonyl (C=O) groups is 2. The highest BCUT2D eigenvalue weighted by atomic mass is 16.5. The lowest BCUT2D eigenvalue weighted by Crippen LogP contribution is -2.19. The molecule has 0 spiro atoms. The highest BCUT2D eigenvalue weighted by molar-refractivity contribution is 6.08. The Morgan fingerprint density at radius 2 is 1.85 bits per heavy atom. The maximum Gasteiger partial charge on any atom is 0.338 e. The Balaban J connectivity index is 2.27. The molecule has 100 valence electrons. The van der Waals surface area contributed by atoms with Gasteiger partial charge in [-0.25, -0.2) is 4.79 Å². The Labute approximate surface area is 116 Å². The summed E-state index contributed by atoms with van der Waals surface area (Å²) in [7, 11) is 1.29. The zero-order chi connectivity index (χ0) is 14.3. The van der Waals surface area contributed by atoms with E-state index >= 15 is 0 Å². The molecule has 4 heteroatoms. The summed E-state index contributed by atoms with van der Waals surface area (Å²) in [5.74, 6) is -1.15. The number of nitrogens with two attached hydrogens (primary N) is 1. The van der Waals surface area contributed by atoms with Gasteiger partial charge in [0.15, 0.2) is 0 Å². The molecule has 0 bridgehead atoms. The molecule has 0 aliphatic heterocycles. The summed E-state index contributed by atoms with van der Waals surface area (Å²) in [5.41, 5.74) is 9.95. The maximum atomic E-state index is 11.8. The summed E-state index contributed by atoms with van der Waals surface area (Å²) in [4.78, 5) is 23.5. The molecule has 2 aromatic carbocycles.